The Morgan fingerprint density at radius 2 is 1.85 bits per heavy atom. The van der Waals surface area contributed by atoms with E-state index < -0.39 is 5.97 Å². The minimum atomic E-state index is -0.465. The van der Waals surface area contributed by atoms with Crippen LogP contribution in [0.25, 0.3) is 0 Å². The highest BCUT2D eigenvalue weighted by Crippen LogP contribution is 2.30. The lowest BCUT2D eigenvalue weighted by atomic mass is 9.99. The lowest BCUT2D eigenvalue weighted by molar-refractivity contribution is 0.0600. The molecule has 0 aliphatic carbocycles. The standard InChI is InChI=1S/C24H25N5O4S/c1-15-8-10-18(11-9-15)25-20(30)22-28-27-21(34-22)17-6-4-12-29(14-17)24(32)26-19-7-3-5-16(13-19)23(31)33-2/h3,5,7-11,13,17H,4,6,12,14H2,1-2H3,(H,25,30)(H,26,32)/t17-/m0/s1. The topological polar surface area (TPSA) is 114 Å². The van der Waals surface area contributed by atoms with Gasteiger partial charge in [-0.05, 0) is 50.1 Å². The Labute approximate surface area is 201 Å². The average Bonchev–Trinajstić information content (AvgIpc) is 3.36. The van der Waals surface area contributed by atoms with E-state index in [-0.39, 0.29) is 22.9 Å². The van der Waals surface area contributed by atoms with Gasteiger partial charge < -0.3 is 20.3 Å². The highest BCUT2D eigenvalue weighted by atomic mass is 32.1. The zero-order valence-corrected chi connectivity index (χ0v) is 19.7. The van der Waals surface area contributed by atoms with Crippen LogP contribution >= 0.6 is 11.3 Å². The van der Waals surface area contributed by atoms with Crippen LogP contribution in [0.2, 0.25) is 0 Å². The van der Waals surface area contributed by atoms with Gasteiger partial charge in [0.05, 0.1) is 12.7 Å². The maximum Gasteiger partial charge on any atom is 0.337 e. The highest BCUT2D eigenvalue weighted by Gasteiger charge is 2.28. The summed E-state index contributed by atoms with van der Waals surface area (Å²) in [6, 6.07) is 13.9. The van der Waals surface area contributed by atoms with E-state index in [0.29, 0.717) is 30.0 Å². The molecule has 1 fully saturated rings. The first-order valence-electron chi connectivity index (χ1n) is 10.9. The Kier molecular flexibility index (Phi) is 7.17. The molecule has 0 bridgehead atoms. The van der Waals surface area contributed by atoms with Gasteiger partial charge in [-0.3, -0.25) is 4.79 Å². The minimum absolute atomic E-state index is 0.000622. The molecule has 2 heterocycles. The third-order valence-corrected chi connectivity index (χ3v) is 6.62. The smallest absolute Gasteiger partial charge is 0.337 e. The van der Waals surface area contributed by atoms with E-state index in [4.69, 9.17) is 4.74 Å². The second kappa shape index (κ2) is 10.4. The van der Waals surface area contributed by atoms with Crippen LogP contribution in [0.1, 0.15) is 49.5 Å². The van der Waals surface area contributed by atoms with Crippen molar-refractivity contribution in [1.82, 2.24) is 15.1 Å². The molecule has 0 spiro atoms. The molecule has 3 amide bonds. The molecule has 1 saturated heterocycles. The molecule has 1 aliphatic heterocycles. The molecule has 176 valence electrons. The van der Waals surface area contributed by atoms with Gasteiger partial charge in [0.25, 0.3) is 5.91 Å². The molecule has 0 saturated carbocycles. The van der Waals surface area contributed by atoms with Gasteiger partial charge in [-0.15, -0.1) is 10.2 Å². The van der Waals surface area contributed by atoms with Crippen molar-refractivity contribution in [1.29, 1.82) is 0 Å². The molecule has 4 rings (SSSR count). The van der Waals surface area contributed by atoms with E-state index in [0.717, 1.165) is 23.4 Å². The van der Waals surface area contributed by atoms with Crippen molar-refractivity contribution < 1.29 is 19.1 Å². The van der Waals surface area contributed by atoms with Crippen molar-refractivity contribution in [3.8, 4) is 0 Å². The van der Waals surface area contributed by atoms with E-state index in [1.54, 1.807) is 29.2 Å². The van der Waals surface area contributed by atoms with Gasteiger partial charge in [0.15, 0.2) is 0 Å². The number of carbonyl (C=O) groups excluding carboxylic acids is 3. The predicted molar refractivity (Wildman–Crippen MR) is 129 cm³/mol. The van der Waals surface area contributed by atoms with E-state index in [2.05, 4.69) is 20.8 Å². The van der Waals surface area contributed by atoms with Gasteiger partial charge in [0.2, 0.25) is 5.01 Å². The normalized spacial score (nSPS) is 15.5. The molecular formula is C24H25N5O4S. The van der Waals surface area contributed by atoms with Crippen LogP contribution in [-0.2, 0) is 4.74 Å². The van der Waals surface area contributed by atoms with Crippen LogP contribution in [0.3, 0.4) is 0 Å². The Morgan fingerprint density at radius 1 is 1.06 bits per heavy atom. The number of urea groups is 1. The molecule has 34 heavy (non-hydrogen) atoms. The third kappa shape index (κ3) is 5.57. The second-order valence-corrected chi connectivity index (χ2v) is 9.06. The summed E-state index contributed by atoms with van der Waals surface area (Å²) < 4.78 is 4.73. The van der Waals surface area contributed by atoms with Crippen molar-refractivity contribution >= 4 is 40.6 Å². The molecule has 1 aromatic heterocycles. The van der Waals surface area contributed by atoms with E-state index in [9.17, 15) is 14.4 Å². The van der Waals surface area contributed by atoms with Gasteiger partial charge in [-0.25, -0.2) is 9.59 Å². The van der Waals surface area contributed by atoms with Crippen LogP contribution in [-0.4, -0.2) is 53.2 Å². The number of nitrogens with one attached hydrogen (secondary N) is 2. The molecule has 9 nitrogen and oxygen atoms in total. The van der Waals surface area contributed by atoms with Crippen LogP contribution in [0.15, 0.2) is 48.5 Å². The van der Waals surface area contributed by atoms with Crippen LogP contribution in [0.5, 0.6) is 0 Å². The van der Waals surface area contributed by atoms with Gasteiger partial charge in [0.1, 0.15) is 5.01 Å². The van der Waals surface area contributed by atoms with E-state index in [1.807, 2.05) is 31.2 Å². The average molecular weight is 480 g/mol. The first kappa shape index (κ1) is 23.4. The van der Waals surface area contributed by atoms with Crippen LogP contribution in [0.4, 0.5) is 16.2 Å². The first-order chi connectivity index (χ1) is 16.4. The zero-order valence-electron chi connectivity index (χ0n) is 18.9. The van der Waals surface area contributed by atoms with Crippen molar-refractivity contribution in [3.05, 3.63) is 69.7 Å². The molecule has 0 unspecified atom stereocenters. The SMILES string of the molecule is COC(=O)c1cccc(NC(=O)N2CCC[C@H](c3nnc(C(=O)Nc4ccc(C)cc4)s3)C2)c1. The maximum atomic E-state index is 12.8. The van der Waals surface area contributed by atoms with Gasteiger partial charge >= 0.3 is 12.0 Å². The summed E-state index contributed by atoms with van der Waals surface area (Å²) in [5, 5.41) is 15.0. The summed E-state index contributed by atoms with van der Waals surface area (Å²) >= 11 is 1.25. The number of amides is 3. The van der Waals surface area contributed by atoms with Crippen molar-refractivity contribution in [2.75, 3.05) is 30.8 Å². The number of anilines is 2. The Morgan fingerprint density at radius 3 is 2.62 bits per heavy atom. The number of carbonyl (C=O) groups is 3. The summed E-state index contributed by atoms with van der Waals surface area (Å²) in [4.78, 5) is 38.8. The third-order valence-electron chi connectivity index (χ3n) is 5.54. The summed E-state index contributed by atoms with van der Waals surface area (Å²) in [5.74, 6) is -0.768. The minimum Gasteiger partial charge on any atom is -0.465 e. The number of rotatable bonds is 5. The van der Waals surface area contributed by atoms with Crippen LogP contribution in [0, 0.1) is 6.92 Å². The number of likely N-dealkylation sites (tertiary alicyclic amines) is 1. The fourth-order valence-electron chi connectivity index (χ4n) is 3.72. The van der Waals surface area contributed by atoms with Crippen molar-refractivity contribution in [3.63, 3.8) is 0 Å². The number of hydrogen-bond acceptors (Lipinski definition) is 7. The number of methoxy groups -OCH3 is 1. The number of esters is 1. The molecule has 1 atom stereocenters. The van der Waals surface area contributed by atoms with Crippen molar-refractivity contribution in [2.45, 2.75) is 25.7 Å². The number of piperidine rings is 1. The molecular weight excluding hydrogens is 454 g/mol. The van der Waals surface area contributed by atoms with E-state index >= 15 is 0 Å². The number of benzene rings is 2. The Hall–Kier alpha value is -3.79. The highest BCUT2D eigenvalue weighted by molar-refractivity contribution is 7.13. The van der Waals surface area contributed by atoms with Gasteiger partial charge in [-0.1, -0.05) is 35.1 Å². The molecule has 10 heteroatoms. The van der Waals surface area contributed by atoms with Crippen LogP contribution < -0.4 is 10.6 Å². The summed E-state index contributed by atoms with van der Waals surface area (Å²) in [7, 11) is 1.31. The number of ether oxygens (including phenoxy) is 1. The summed E-state index contributed by atoms with van der Waals surface area (Å²) in [5.41, 5.74) is 2.69. The molecule has 2 aromatic carbocycles. The largest absolute Gasteiger partial charge is 0.465 e. The number of hydrogen-bond donors (Lipinski definition) is 2. The first-order valence-corrected chi connectivity index (χ1v) is 11.7. The zero-order chi connectivity index (χ0) is 24.1. The monoisotopic (exact) mass is 479 g/mol. The van der Waals surface area contributed by atoms with Crippen molar-refractivity contribution in [2.24, 2.45) is 0 Å². The summed E-state index contributed by atoms with van der Waals surface area (Å²) in [6.07, 6.45) is 1.67. The number of aryl methyl sites for hydroxylation is 1. The maximum absolute atomic E-state index is 12.8. The quantitative estimate of drug-likeness (QED) is 0.528. The van der Waals surface area contributed by atoms with Gasteiger partial charge in [0, 0.05) is 30.4 Å². The molecule has 3 aromatic rings. The Bertz CT molecular complexity index is 1190. The fraction of sp³-hybridized carbons (Fsp3) is 0.292. The summed E-state index contributed by atoms with van der Waals surface area (Å²) in [6.45, 7) is 3.06. The lowest BCUT2D eigenvalue weighted by Gasteiger charge is -2.31. The fourth-order valence-corrected chi connectivity index (χ4v) is 4.58. The molecule has 1 aliphatic rings. The second-order valence-electron chi connectivity index (χ2n) is 8.05. The predicted octanol–water partition coefficient (Wildman–Crippen LogP) is 4.30. The number of nitrogens with zero attached hydrogens (tertiary/aromatic N) is 3. The lowest BCUT2D eigenvalue weighted by Crippen LogP contribution is -2.41. The van der Waals surface area contributed by atoms with Gasteiger partial charge in [-0.2, -0.15) is 0 Å². The van der Waals surface area contributed by atoms with E-state index in [1.165, 1.54) is 18.4 Å². The molecule has 0 radical (unpaired) electrons. The molecule has 2 N–H and O–H groups in total. The Balaban J connectivity index is 1.38. The number of aromatic nitrogens is 2.